The summed E-state index contributed by atoms with van der Waals surface area (Å²) in [6.07, 6.45) is 0. The smallest absolute Gasteiger partial charge is 0.268 e. The molecule has 4 nitrogen and oxygen atoms in total. The van der Waals surface area contributed by atoms with E-state index >= 15 is 0 Å². The van der Waals surface area contributed by atoms with Crippen molar-refractivity contribution in [3.63, 3.8) is 0 Å². The fourth-order valence-electron chi connectivity index (χ4n) is 2.71. The molecule has 2 aromatic carbocycles. The summed E-state index contributed by atoms with van der Waals surface area (Å²) >= 11 is 0. The van der Waals surface area contributed by atoms with Crippen LogP contribution in [0.3, 0.4) is 0 Å². The lowest BCUT2D eigenvalue weighted by atomic mass is 10.2. The second-order valence-electron chi connectivity index (χ2n) is 5.82. The Balaban J connectivity index is 2.05. The molecule has 0 fully saturated rings. The number of carbonyl (C=O) groups is 1. The third-order valence-electron chi connectivity index (χ3n) is 3.98. The highest BCUT2D eigenvalue weighted by Crippen LogP contribution is 2.22. The third kappa shape index (κ3) is 3.16. The molecule has 2 N–H and O–H groups in total. The number of fused-ring (bicyclic) bond motifs is 1. The molecule has 0 radical (unpaired) electrons. The summed E-state index contributed by atoms with van der Waals surface area (Å²) in [4.78, 5) is 12.5. The number of para-hydroxylation sites is 1. The zero-order chi connectivity index (χ0) is 17.1. The lowest BCUT2D eigenvalue weighted by molar-refractivity contribution is 0.0913. The average molecular weight is 326 g/mol. The van der Waals surface area contributed by atoms with Gasteiger partial charge in [0, 0.05) is 22.5 Å². The summed E-state index contributed by atoms with van der Waals surface area (Å²) in [5, 5.41) is 12.8. The zero-order valence-electron chi connectivity index (χ0n) is 13.4. The number of nitrogens with zero attached hydrogens (tertiary/aromatic N) is 1. The van der Waals surface area contributed by atoms with Gasteiger partial charge >= 0.3 is 0 Å². The predicted octanol–water partition coefficient (Wildman–Crippen LogP) is 2.94. The molecule has 1 unspecified atom stereocenters. The van der Waals surface area contributed by atoms with Gasteiger partial charge in [0.25, 0.3) is 5.91 Å². The molecule has 1 heterocycles. The standard InChI is InChI=1S/C19H19FN2O2/c1-13(12-23)21-19(24)18-10-14-6-3-5-9-17(14)22(18)11-15-7-2-4-8-16(15)20/h2-10,13,23H,11-12H2,1H3,(H,21,24). The number of halogens is 1. The molecule has 24 heavy (non-hydrogen) atoms. The fourth-order valence-corrected chi connectivity index (χ4v) is 2.71. The average Bonchev–Trinajstić information content (AvgIpc) is 2.95. The van der Waals surface area contributed by atoms with Crippen LogP contribution in [0.2, 0.25) is 0 Å². The van der Waals surface area contributed by atoms with Gasteiger partial charge in [0.15, 0.2) is 0 Å². The van der Waals surface area contributed by atoms with Gasteiger partial charge in [-0.1, -0.05) is 36.4 Å². The van der Waals surface area contributed by atoms with Crippen molar-refractivity contribution in [3.8, 4) is 0 Å². The van der Waals surface area contributed by atoms with Crippen molar-refractivity contribution in [2.75, 3.05) is 6.61 Å². The van der Waals surface area contributed by atoms with Crippen LogP contribution in [0.25, 0.3) is 10.9 Å². The molecule has 0 aliphatic rings. The molecule has 5 heteroatoms. The molecule has 0 aliphatic heterocycles. The van der Waals surface area contributed by atoms with E-state index in [2.05, 4.69) is 5.32 Å². The Morgan fingerprint density at radius 1 is 1.21 bits per heavy atom. The first kappa shape index (κ1) is 16.2. The SMILES string of the molecule is CC(CO)NC(=O)c1cc2ccccc2n1Cc1ccccc1F. The molecule has 124 valence electrons. The number of hydrogen-bond acceptors (Lipinski definition) is 2. The number of amides is 1. The molecule has 1 atom stereocenters. The molecule has 1 aromatic heterocycles. The van der Waals surface area contributed by atoms with Crippen molar-refractivity contribution in [1.82, 2.24) is 9.88 Å². The number of aliphatic hydroxyl groups excluding tert-OH is 1. The van der Waals surface area contributed by atoms with Crippen LogP contribution in [0.1, 0.15) is 23.0 Å². The molecule has 0 bridgehead atoms. The quantitative estimate of drug-likeness (QED) is 0.757. The van der Waals surface area contributed by atoms with E-state index < -0.39 is 0 Å². The van der Waals surface area contributed by atoms with Gasteiger partial charge in [-0.15, -0.1) is 0 Å². The monoisotopic (exact) mass is 326 g/mol. The van der Waals surface area contributed by atoms with Crippen LogP contribution < -0.4 is 5.32 Å². The highest BCUT2D eigenvalue weighted by atomic mass is 19.1. The lowest BCUT2D eigenvalue weighted by Gasteiger charge is -2.14. The molecule has 0 spiro atoms. The van der Waals surface area contributed by atoms with Gasteiger partial charge in [-0.2, -0.15) is 0 Å². The Morgan fingerprint density at radius 3 is 2.67 bits per heavy atom. The highest BCUT2D eigenvalue weighted by molar-refractivity contribution is 5.99. The van der Waals surface area contributed by atoms with Gasteiger partial charge < -0.3 is 15.0 Å². The number of rotatable bonds is 5. The van der Waals surface area contributed by atoms with E-state index in [0.717, 1.165) is 10.9 Å². The second-order valence-corrected chi connectivity index (χ2v) is 5.82. The number of benzene rings is 2. The maximum absolute atomic E-state index is 14.0. The minimum absolute atomic E-state index is 0.140. The van der Waals surface area contributed by atoms with Crippen LogP contribution in [0.5, 0.6) is 0 Å². The van der Waals surface area contributed by atoms with Crippen molar-refractivity contribution in [3.05, 3.63) is 71.7 Å². The molecular weight excluding hydrogens is 307 g/mol. The summed E-state index contributed by atoms with van der Waals surface area (Å²) in [5.41, 5.74) is 1.82. The summed E-state index contributed by atoms with van der Waals surface area (Å²) < 4.78 is 15.8. The van der Waals surface area contributed by atoms with E-state index in [1.165, 1.54) is 6.07 Å². The van der Waals surface area contributed by atoms with Gasteiger partial charge in [-0.05, 0) is 25.1 Å². The number of hydrogen-bond donors (Lipinski definition) is 2. The first-order valence-corrected chi connectivity index (χ1v) is 7.83. The Morgan fingerprint density at radius 2 is 1.92 bits per heavy atom. The van der Waals surface area contributed by atoms with Crippen molar-refractivity contribution < 1.29 is 14.3 Å². The van der Waals surface area contributed by atoms with Gasteiger partial charge in [0.05, 0.1) is 13.2 Å². The van der Waals surface area contributed by atoms with Crippen LogP contribution in [0.15, 0.2) is 54.6 Å². The molecule has 0 saturated carbocycles. The number of aliphatic hydroxyl groups is 1. The van der Waals surface area contributed by atoms with E-state index in [4.69, 9.17) is 5.11 Å². The fraction of sp³-hybridized carbons (Fsp3) is 0.211. The van der Waals surface area contributed by atoms with Crippen molar-refractivity contribution in [2.45, 2.75) is 19.5 Å². The first-order chi connectivity index (χ1) is 11.6. The Labute approximate surface area is 139 Å². The largest absolute Gasteiger partial charge is 0.394 e. The Kier molecular flexibility index (Phi) is 4.62. The van der Waals surface area contributed by atoms with Crippen LogP contribution in [0, 0.1) is 5.82 Å². The van der Waals surface area contributed by atoms with E-state index in [-0.39, 0.29) is 30.9 Å². The number of nitrogens with one attached hydrogen (secondary N) is 1. The summed E-state index contributed by atoms with van der Waals surface area (Å²) in [5.74, 6) is -0.588. The normalized spacial score (nSPS) is 12.3. The number of carbonyl (C=O) groups excluding carboxylic acids is 1. The molecule has 3 aromatic rings. The number of aromatic nitrogens is 1. The van der Waals surface area contributed by atoms with E-state index in [0.29, 0.717) is 11.3 Å². The topological polar surface area (TPSA) is 54.3 Å². The maximum atomic E-state index is 14.0. The van der Waals surface area contributed by atoms with Gasteiger partial charge in [0.2, 0.25) is 0 Å². The minimum Gasteiger partial charge on any atom is -0.394 e. The van der Waals surface area contributed by atoms with Crippen LogP contribution in [0.4, 0.5) is 4.39 Å². The lowest BCUT2D eigenvalue weighted by Crippen LogP contribution is -2.36. The third-order valence-corrected chi connectivity index (χ3v) is 3.98. The predicted molar refractivity (Wildman–Crippen MR) is 91.5 cm³/mol. The summed E-state index contributed by atoms with van der Waals surface area (Å²) in [6.45, 7) is 1.84. The van der Waals surface area contributed by atoms with Gasteiger partial charge in [0.1, 0.15) is 11.5 Å². The highest BCUT2D eigenvalue weighted by Gasteiger charge is 2.18. The Hall–Kier alpha value is -2.66. The first-order valence-electron chi connectivity index (χ1n) is 7.83. The maximum Gasteiger partial charge on any atom is 0.268 e. The minimum atomic E-state index is -0.350. The van der Waals surface area contributed by atoms with E-state index in [9.17, 15) is 9.18 Å². The van der Waals surface area contributed by atoms with Crippen LogP contribution >= 0.6 is 0 Å². The van der Waals surface area contributed by atoms with Crippen LogP contribution in [-0.4, -0.2) is 28.2 Å². The van der Waals surface area contributed by atoms with E-state index in [1.54, 1.807) is 35.8 Å². The van der Waals surface area contributed by atoms with Crippen molar-refractivity contribution in [2.24, 2.45) is 0 Å². The van der Waals surface area contributed by atoms with E-state index in [1.807, 2.05) is 24.3 Å². The zero-order valence-corrected chi connectivity index (χ0v) is 13.4. The molecular formula is C19H19FN2O2. The van der Waals surface area contributed by atoms with Gasteiger partial charge in [-0.25, -0.2) is 4.39 Å². The molecule has 1 amide bonds. The van der Waals surface area contributed by atoms with Crippen LogP contribution in [-0.2, 0) is 6.54 Å². The van der Waals surface area contributed by atoms with Gasteiger partial charge in [-0.3, -0.25) is 4.79 Å². The molecule has 0 aliphatic carbocycles. The van der Waals surface area contributed by atoms with Crippen molar-refractivity contribution >= 4 is 16.8 Å². The molecule has 0 saturated heterocycles. The Bertz CT molecular complexity index is 873. The van der Waals surface area contributed by atoms with Crippen molar-refractivity contribution in [1.29, 1.82) is 0 Å². The summed E-state index contributed by atoms with van der Waals surface area (Å²) in [6, 6.07) is 15.6. The second kappa shape index (κ2) is 6.84. The molecule has 3 rings (SSSR count). The summed E-state index contributed by atoms with van der Waals surface area (Å²) in [7, 11) is 0.